The first-order chi connectivity index (χ1) is 9.85. The van der Waals surface area contributed by atoms with Crippen LogP contribution < -0.4 is 5.56 Å². The Morgan fingerprint density at radius 2 is 2.05 bits per heavy atom. The maximum absolute atomic E-state index is 12.4. The van der Waals surface area contributed by atoms with Crippen LogP contribution in [0.15, 0.2) is 16.9 Å². The van der Waals surface area contributed by atoms with E-state index in [0.29, 0.717) is 13.1 Å². The molecule has 0 atom stereocenters. The van der Waals surface area contributed by atoms with Crippen LogP contribution in [0.4, 0.5) is 0 Å². The molecule has 0 radical (unpaired) electrons. The molecule has 1 aromatic heterocycles. The van der Waals surface area contributed by atoms with E-state index in [1.165, 1.54) is 21.7 Å². The van der Waals surface area contributed by atoms with Crippen molar-refractivity contribution in [1.29, 1.82) is 0 Å². The van der Waals surface area contributed by atoms with E-state index in [2.05, 4.69) is 5.10 Å². The summed E-state index contributed by atoms with van der Waals surface area (Å²) in [6, 6.07) is 2.62. The van der Waals surface area contributed by atoms with E-state index < -0.39 is 11.9 Å². The number of amides is 1. The number of carbonyl (C=O) groups excluding carboxylic acids is 1. The lowest BCUT2D eigenvalue weighted by molar-refractivity contribution is -0.137. The van der Waals surface area contributed by atoms with Gasteiger partial charge in [-0.05, 0) is 18.4 Å². The van der Waals surface area contributed by atoms with Crippen LogP contribution in [0.25, 0.3) is 0 Å². The van der Waals surface area contributed by atoms with Gasteiger partial charge in [-0.15, -0.1) is 0 Å². The minimum absolute atomic E-state index is 0.0879. The fourth-order valence-electron chi connectivity index (χ4n) is 1.92. The average molecular weight is 295 g/mol. The molecule has 1 heterocycles. The van der Waals surface area contributed by atoms with E-state index in [4.69, 9.17) is 5.11 Å². The number of hydrogen-bond acceptors (Lipinski definition) is 4. The second-order valence-electron chi connectivity index (χ2n) is 5.25. The second-order valence-corrected chi connectivity index (χ2v) is 5.25. The van der Waals surface area contributed by atoms with Gasteiger partial charge in [0.15, 0.2) is 0 Å². The van der Waals surface area contributed by atoms with Crippen molar-refractivity contribution >= 4 is 11.9 Å². The van der Waals surface area contributed by atoms with E-state index in [1.807, 2.05) is 20.8 Å². The third-order valence-corrected chi connectivity index (χ3v) is 2.72. The van der Waals surface area contributed by atoms with Crippen LogP contribution in [-0.2, 0) is 11.3 Å². The van der Waals surface area contributed by atoms with E-state index in [-0.39, 0.29) is 23.7 Å². The Hall–Kier alpha value is -2.18. The molecule has 0 aliphatic heterocycles. The summed E-state index contributed by atoms with van der Waals surface area (Å²) < 4.78 is 1.22. The van der Waals surface area contributed by atoms with Crippen molar-refractivity contribution in [2.75, 3.05) is 13.1 Å². The Balaban J connectivity index is 3.04. The van der Waals surface area contributed by atoms with Crippen molar-refractivity contribution < 1.29 is 14.7 Å². The molecule has 0 unspecified atom stereocenters. The lowest BCUT2D eigenvalue weighted by atomic mass is 10.2. The van der Waals surface area contributed by atoms with Gasteiger partial charge in [-0.2, -0.15) is 5.10 Å². The number of aromatic nitrogens is 2. The zero-order valence-electron chi connectivity index (χ0n) is 12.6. The molecule has 1 amide bonds. The normalized spacial score (nSPS) is 10.7. The summed E-state index contributed by atoms with van der Waals surface area (Å²) in [5.41, 5.74) is -0.188. The van der Waals surface area contributed by atoms with E-state index in [9.17, 15) is 14.4 Å². The summed E-state index contributed by atoms with van der Waals surface area (Å²) in [6.45, 7) is 6.05. The number of hydrogen-bond donors (Lipinski definition) is 1. The molecule has 1 rings (SSSR count). The zero-order valence-corrected chi connectivity index (χ0v) is 12.6. The molecule has 1 N–H and O–H groups in total. The van der Waals surface area contributed by atoms with Gasteiger partial charge in [0.1, 0.15) is 12.2 Å². The van der Waals surface area contributed by atoms with Gasteiger partial charge >= 0.3 is 5.97 Å². The smallest absolute Gasteiger partial charge is 0.323 e. The van der Waals surface area contributed by atoms with Crippen molar-refractivity contribution in [1.82, 2.24) is 14.7 Å². The van der Waals surface area contributed by atoms with Crippen molar-refractivity contribution in [3.05, 3.63) is 28.2 Å². The van der Waals surface area contributed by atoms with Crippen LogP contribution in [0.2, 0.25) is 0 Å². The Labute approximate surface area is 123 Å². The first-order valence-electron chi connectivity index (χ1n) is 6.94. The standard InChI is InChI=1S/C14H21N3O4/c1-4-7-17-12(18)6-5-11(15-17)14(21)16(8-10(2)3)9-13(19)20/h5-6,10H,4,7-9H2,1-3H3,(H,19,20). The number of carbonyl (C=O) groups is 2. The Morgan fingerprint density at radius 1 is 1.38 bits per heavy atom. The molecule has 0 fully saturated rings. The van der Waals surface area contributed by atoms with Crippen LogP contribution in [0, 0.1) is 5.92 Å². The van der Waals surface area contributed by atoms with Crippen molar-refractivity contribution in [2.24, 2.45) is 5.92 Å². The van der Waals surface area contributed by atoms with Crippen LogP contribution in [0.3, 0.4) is 0 Å². The van der Waals surface area contributed by atoms with Gasteiger partial charge in [0.25, 0.3) is 11.5 Å². The molecule has 1 aromatic rings. The van der Waals surface area contributed by atoms with Gasteiger partial charge in [0, 0.05) is 19.2 Å². The fraction of sp³-hybridized carbons (Fsp3) is 0.571. The predicted octanol–water partition coefficient (Wildman–Crippen LogP) is 0.836. The molecule has 0 aliphatic carbocycles. The SMILES string of the molecule is CCCn1nc(C(=O)N(CC(=O)O)CC(C)C)ccc1=O. The lowest BCUT2D eigenvalue weighted by Gasteiger charge is -2.22. The lowest BCUT2D eigenvalue weighted by Crippen LogP contribution is -2.39. The molecule has 7 heteroatoms. The largest absolute Gasteiger partial charge is 0.480 e. The summed E-state index contributed by atoms with van der Waals surface area (Å²) in [7, 11) is 0. The zero-order chi connectivity index (χ0) is 16.0. The predicted molar refractivity (Wildman–Crippen MR) is 77.2 cm³/mol. The van der Waals surface area contributed by atoms with Crippen LogP contribution in [-0.4, -0.2) is 44.8 Å². The molecular weight excluding hydrogens is 274 g/mol. The summed E-state index contributed by atoms with van der Waals surface area (Å²) in [4.78, 5) is 36.1. The van der Waals surface area contributed by atoms with E-state index in [0.717, 1.165) is 6.42 Å². The molecule has 0 bridgehead atoms. The number of aryl methyl sites for hydroxylation is 1. The van der Waals surface area contributed by atoms with Gasteiger partial charge < -0.3 is 10.0 Å². The van der Waals surface area contributed by atoms with Gasteiger partial charge in [-0.3, -0.25) is 14.4 Å². The second kappa shape index (κ2) is 7.56. The Morgan fingerprint density at radius 3 is 2.57 bits per heavy atom. The highest BCUT2D eigenvalue weighted by Gasteiger charge is 2.21. The van der Waals surface area contributed by atoms with Crippen LogP contribution in [0.5, 0.6) is 0 Å². The molecule has 0 aromatic carbocycles. The number of carboxylic acids is 1. The quantitative estimate of drug-likeness (QED) is 0.804. The van der Waals surface area contributed by atoms with Gasteiger partial charge in [-0.1, -0.05) is 20.8 Å². The van der Waals surface area contributed by atoms with Gasteiger partial charge in [0.2, 0.25) is 0 Å². The number of carboxylic acid groups (broad SMARTS) is 1. The fourth-order valence-corrected chi connectivity index (χ4v) is 1.92. The van der Waals surface area contributed by atoms with Gasteiger partial charge in [0.05, 0.1) is 0 Å². The number of rotatable bonds is 7. The van der Waals surface area contributed by atoms with Crippen molar-refractivity contribution in [2.45, 2.75) is 33.7 Å². The van der Waals surface area contributed by atoms with Crippen molar-refractivity contribution in [3.8, 4) is 0 Å². The maximum atomic E-state index is 12.4. The topological polar surface area (TPSA) is 92.5 Å². The Bertz CT molecular complexity index is 566. The summed E-state index contributed by atoms with van der Waals surface area (Å²) in [5, 5.41) is 12.9. The van der Waals surface area contributed by atoms with Gasteiger partial charge in [-0.25, -0.2) is 4.68 Å². The summed E-state index contributed by atoms with van der Waals surface area (Å²) in [5.74, 6) is -1.42. The third kappa shape index (κ3) is 5.02. The molecule has 116 valence electrons. The number of aliphatic carboxylic acids is 1. The Kier molecular flexibility index (Phi) is 6.08. The van der Waals surface area contributed by atoms with Crippen LogP contribution >= 0.6 is 0 Å². The molecular formula is C14H21N3O4. The van der Waals surface area contributed by atoms with Crippen LogP contribution in [0.1, 0.15) is 37.7 Å². The first-order valence-corrected chi connectivity index (χ1v) is 6.94. The van der Waals surface area contributed by atoms with Crippen molar-refractivity contribution in [3.63, 3.8) is 0 Å². The minimum atomic E-state index is -1.08. The van der Waals surface area contributed by atoms with E-state index in [1.54, 1.807) is 0 Å². The van der Waals surface area contributed by atoms with E-state index >= 15 is 0 Å². The first kappa shape index (κ1) is 16.9. The minimum Gasteiger partial charge on any atom is -0.480 e. The third-order valence-electron chi connectivity index (χ3n) is 2.72. The molecule has 21 heavy (non-hydrogen) atoms. The highest BCUT2D eigenvalue weighted by atomic mass is 16.4. The number of nitrogens with zero attached hydrogens (tertiary/aromatic N) is 3. The monoisotopic (exact) mass is 295 g/mol. The molecule has 0 saturated carbocycles. The molecule has 0 aliphatic rings. The highest BCUT2D eigenvalue weighted by molar-refractivity contribution is 5.93. The maximum Gasteiger partial charge on any atom is 0.323 e. The highest BCUT2D eigenvalue weighted by Crippen LogP contribution is 2.05. The molecule has 7 nitrogen and oxygen atoms in total. The average Bonchev–Trinajstić information content (AvgIpc) is 2.39. The summed E-state index contributed by atoms with van der Waals surface area (Å²) in [6.07, 6.45) is 0.718. The summed E-state index contributed by atoms with van der Waals surface area (Å²) >= 11 is 0. The molecule has 0 spiro atoms. The molecule has 0 saturated heterocycles.